The topological polar surface area (TPSA) is 94.9 Å². The van der Waals surface area contributed by atoms with E-state index in [0.29, 0.717) is 17.8 Å². The average molecular weight is 289 g/mol. The predicted octanol–water partition coefficient (Wildman–Crippen LogP) is 1.12. The number of nitrogens with zero attached hydrogens (tertiary/aromatic N) is 4. The summed E-state index contributed by atoms with van der Waals surface area (Å²) in [5, 5.41) is 0. The fourth-order valence-electron chi connectivity index (χ4n) is 2.07. The van der Waals surface area contributed by atoms with Crippen molar-refractivity contribution in [2.75, 3.05) is 13.2 Å². The van der Waals surface area contributed by atoms with Crippen LogP contribution in [0.4, 0.5) is 0 Å². The van der Waals surface area contributed by atoms with Crippen LogP contribution in [0.25, 0.3) is 5.82 Å². The van der Waals surface area contributed by atoms with Crippen LogP contribution in [-0.4, -0.2) is 47.6 Å². The minimum atomic E-state index is 0.283. The molecule has 1 aromatic rings. The lowest BCUT2D eigenvalue weighted by atomic mass is 10.1. The lowest BCUT2D eigenvalue weighted by molar-refractivity contribution is 0.0872. The molecule has 0 aliphatic carbocycles. The molecule has 0 saturated carbocycles. The molecule has 0 atom stereocenters. The molecule has 1 aliphatic heterocycles. The summed E-state index contributed by atoms with van der Waals surface area (Å²) in [4.78, 5) is 23.4. The molecule has 2 rings (SSSR count). The van der Waals surface area contributed by atoms with E-state index in [1.54, 1.807) is 17.0 Å². The summed E-state index contributed by atoms with van der Waals surface area (Å²) >= 11 is 0. The number of allylic oxidation sites excluding steroid dienone is 1. The number of rotatable bonds is 5. The molecule has 7 nitrogen and oxygen atoms in total. The van der Waals surface area contributed by atoms with Gasteiger partial charge < -0.3 is 10.5 Å². The maximum atomic E-state index is 10.7. The second-order valence-corrected chi connectivity index (χ2v) is 4.73. The molecule has 21 heavy (non-hydrogen) atoms. The first-order valence-corrected chi connectivity index (χ1v) is 6.80. The van der Waals surface area contributed by atoms with Crippen molar-refractivity contribution in [3.05, 3.63) is 23.8 Å². The van der Waals surface area contributed by atoms with Crippen LogP contribution >= 0.6 is 0 Å². The number of imidazole rings is 1. The summed E-state index contributed by atoms with van der Waals surface area (Å²) in [7, 11) is 0. The normalized spacial score (nSPS) is 18.3. The maximum absolute atomic E-state index is 10.7. The summed E-state index contributed by atoms with van der Waals surface area (Å²) in [6, 6.07) is 0.283. The quantitative estimate of drug-likeness (QED) is 0.499. The number of ether oxygens (including phenoxy) is 1. The molecule has 0 radical (unpaired) electrons. The van der Waals surface area contributed by atoms with E-state index in [1.807, 2.05) is 6.92 Å². The van der Waals surface area contributed by atoms with E-state index >= 15 is 0 Å². The smallest absolute Gasteiger partial charge is 0.170 e. The Morgan fingerprint density at radius 2 is 2.29 bits per heavy atom. The Labute approximate surface area is 123 Å². The highest BCUT2D eigenvalue weighted by atomic mass is 16.5. The van der Waals surface area contributed by atoms with Crippen LogP contribution in [0.3, 0.4) is 0 Å². The average Bonchev–Trinajstić information content (AvgIpc) is 3.00. The number of hydrogen-bond donors (Lipinski definition) is 1. The Bertz CT molecular complexity index is 568. The third-order valence-electron chi connectivity index (χ3n) is 3.19. The number of hydrogen-bond acceptors (Lipinski definition) is 5. The molecule has 2 N–H and O–H groups in total. The summed E-state index contributed by atoms with van der Waals surface area (Å²) in [6.07, 6.45) is 8.67. The van der Waals surface area contributed by atoms with E-state index in [9.17, 15) is 4.79 Å². The number of aldehydes is 1. The van der Waals surface area contributed by atoms with Crippen LogP contribution in [0.2, 0.25) is 0 Å². The van der Waals surface area contributed by atoms with Gasteiger partial charge in [-0.3, -0.25) is 14.4 Å². The molecule has 1 aliphatic rings. The molecule has 112 valence electrons. The molecule has 2 heterocycles. The summed E-state index contributed by atoms with van der Waals surface area (Å²) in [6.45, 7) is 3.40. The molecule has 0 bridgehead atoms. The zero-order valence-corrected chi connectivity index (χ0v) is 12.0. The first kappa shape index (κ1) is 15.1. The Balaban J connectivity index is 2.21. The van der Waals surface area contributed by atoms with Gasteiger partial charge in [-0.05, 0) is 19.8 Å². The molecule has 0 unspecified atom stereocenters. The molecule has 1 fully saturated rings. The van der Waals surface area contributed by atoms with Gasteiger partial charge in [0.1, 0.15) is 17.8 Å². The Morgan fingerprint density at radius 1 is 1.52 bits per heavy atom. The molecular weight excluding hydrogens is 270 g/mol. The lowest BCUT2D eigenvalue weighted by Crippen LogP contribution is -2.18. The van der Waals surface area contributed by atoms with Gasteiger partial charge in [-0.1, -0.05) is 0 Å². The zero-order valence-electron chi connectivity index (χ0n) is 12.0. The summed E-state index contributed by atoms with van der Waals surface area (Å²) < 4.78 is 6.96. The van der Waals surface area contributed by atoms with Crippen LogP contribution in [-0.2, 0) is 4.74 Å². The van der Waals surface area contributed by atoms with Gasteiger partial charge in [0, 0.05) is 31.2 Å². The largest absolute Gasteiger partial charge is 0.390 e. The fraction of sp³-hybridized carbons (Fsp3) is 0.429. The van der Waals surface area contributed by atoms with Crippen molar-refractivity contribution in [2.45, 2.75) is 25.8 Å². The molecule has 1 saturated heterocycles. The maximum Gasteiger partial charge on any atom is 0.170 e. The predicted molar refractivity (Wildman–Crippen MR) is 81.5 cm³/mol. The van der Waals surface area contributed by atoms with Crippen molar-refractivity contribution in [1.29, 1.82) is 0 Å². The Hall–Kier alpha value is -2.28. The van der Waals surface area contributed by atoms with E-state index in [2.05, 4.69) is 15.0 Å². The fourth-order valence-corrected chi connectivity index (χ4v) is 2.07. The number of aromatic nitrogens is 2. The molecule has 0 aromatic carbocycles. The minimum Gasteiger partial charge on any atom is -0.390 e. The Morgan fingerprint density at radius 3 is 2.90 bits per heavy atom. The van der Waals surface area contributed by atoms with E-state index < -0.39 is 0 Å². The van der Waals surface area contributed by atoms with Gasteiger partial charge in [-0.25, -0.2) is 9.98 Å². The van der Waals surface area contributed by atoms with Crippen LogP contribution in [0, 0.1) is 0 Å². The van der Waals surface area contributed by atoms with Crippen molar-refractivity contribution in [3.63, 3.8) is 0 Å². The standard InChI is InChI=1S/C14H19N5O2/c1-11(6-16-12-2-4-21-5-3-12)14(17-9-15)19-7-13(8-20)18-10-19/h6-10,12H,2-5H2,1H3,(H2,15,17)/b14-11+,16-6-. The molecule has 0 spiro atoms. The first-order valence-electron chi connectivity index (χ1n) is 6.80. The van der Waals surface area contributed by atoms with Crippen LogP contribution in [0.1, 0.15) is 30.3 Å². The van der Waals surface area contributed by atoms with Crippen molar-refractivity contribution in [3.8, 4) is 0 Å². The van der Waals surface area contributed by atoms with Crippen molar-refractivity contribution < 1.29 is 9.53 Å². The van der Waals surface area contributed by atoms with Gasteiger partial charge in [0.25, 0.3) is 0 Å². The second-order valence-electron chi connectivity index (χ2n) is 4.73. The van der Waals surface area contributed by atoms with Gasteiger partial charge in [-0.15, -0.1) is 0 Å². The van der Waals surface area contributed by atoms with E-state index in [4.69, 9.17) is 10.5 Å². The highest BCUT2D eigenvalue weighted by Gasteiger charge is 2.11. The van der Waals surface area contributed by atoms with Gasteiger partial charge in [0.2, 0.25) is 0 Å². The third kappa shape index (κ3) is 4.09. The van der Waals surface area contributed by atoms with Crippen molar-refractivity contribution in [1.82, 2.24) is 9.55 Å². The number of carbonyl (C=O) groups excluding carboxylic acids is 1. The lowest BCUT2D eigenvalue weighted by Gasteiger charge is -2.18. The highest BCUT2D eigenvalue weighted by Crippen LogP contribution is 2.14. The summed E-state index contributed by atoms with van der Waals surface area (Å²) in [5.74, 6) is 0.592. The molecule has 1 aromatic heterocycles. The van der Waals surface area contributed by atoms with Gasteiger partial charge in [0.05, 0.1) is 12.4 Å². The summed E-state index contributed by atoms with van der Waals surface area (Å²) in [5.41, 5.74) is 6.58. The van der Waals surface area contributed by atoms with Crippen molar-refractivity contribution in [2.24, 2.45) is 15.7 Å². The van der Waals surface area contributed by atoms with Crippen LogP contribution in [0.5, 0.6) is 0 Å². The molecule has 7 heteroatoms. The Kier molecular flexibility index (Phi) is 5.39. The van der Waals surface area contributed by atoms with E-state index in [1.165, 1.54) is 12.7 Å². The number of carbonyl (C=O) groups is 1. The van der Waals surface area contributed by atoms with E-state index in [-0.39, 0.29) is 6.04 Å². The molecule has 0 amide bonds. The van der Waals surface area contributed by atoms with E-state index in [0.717, 1.165) is 31.6 Å². The zero-order chi connectivity index (χ0) is 15.1. The highest BCUT2D eigenvalue weighted by molar-refractivity contribution is 5.87. The van der Waals surface area contributed by atoms with Crippen molar-refractivity contribution >= 4 is 24.7 Å². The minimum absolute atomic E-state index is 0.283. The van der Waals surface area contributed by atoms with Gasteiger partial charge in [-0.2, -0.15) is 0 Å². The SMILES string of the molecule is CC(/C=N\C1CCOCC1)=C(/N=C/N)n1cnc(C=O)c1. The number of nitrogens with two attached hydrogens (primary N) is 1. The van der Waals surface area contributed by atoms with Crippen LogP contribution < -0.4 is 5.73 Å². The van der Waals surface area contributed by atoms with Gasteiger partial charge in [0.15, 0.2) is 6.29 Å². The first-order chi connectivity index (χ1) is 10.2. The van der Waals surface area contributed by atoms with Gasteiger partial charge >= 0.3 is 0 Å². The number of aliphatic imine (C=N–C) groups is 2. The second kappa shape index (κ2) is 7.49. The third-order valence-corrected chi connectivity index (χ3v) is 3.19. The van der Waals surface area contributed by atoms with Crippen LogP contribution in [0.15, 0.2) is 28.1 Å². The molecular formula is C14H19N5O2. The monoisotopic (exact) mass is 289 g/mol.